The lowest BCUT2D eigenvalue weighted by molar-refractivity contribution is -0.131. The fourth-order valence-corrected chi connectivity index (χ4v) is 5.73. The molecule has 9 nitrogen and oxygen atoms in total. The number of hydrogen-bond acceptors (Lipinski definition) is 8. The van der Waals surface area contributed by atoms with Crippen molar-refractivity contribution in [1.82, 2.24) is 15.8 Å². The van der Waals surface area contributed by atoms with Gasteiger partial charge in [0, 0.05) is 11.5 Å². The number of amides is 1. The second-order valence-corrected chi connectivity index (χ2v) is 9.29. The van der Waals surface area contributed by atoms with Crippen LogP contribution in [0.1, 0.15) is 40.1 Å². The summed E-state index contributed by atoms with van der Waals surface area (Å²) in [5, 5.41) is 10.9. The normalized spacial score (nSPS) is 23.1. The predicted octanol–water partition coefficient (Wildman–Crippen LogP) is 3.55. The molecule has 36 heavy (non-hydrogen) atoms. The number of carbonyl (C=O) groups excluding carboxylic acids is 1. The molecule has 9 heteroatoms. The second kappa shape index (κ2) is 9.40. The highest BCUT2D eigenvalue weighted by molar-refractivity contribution is 5.86. The van der Waals surface area contributed by atoms with Gasteiger partial charge in [-0.3, -0.25) is 4.79 Å². The number of methoxy groups -OCH3 is 3. The summed E-state index contributed by atoms with van der Waals surface area (Å²) >= 11 is 0. The van der Waals surface area contributed by atoms with Crippen LogP contribution < -0.4 is 25.1 Å². The summed E-state index contributed by atoms with van der Waals surface area (Å²) < 4.78 is 22.4. The van der Waals surface area contributed by atoms with Gasteiger partial charge in [-0.1, -0.05) is 6.07 Å². The smallest absolute Gasteiger partial charge is 0.242 e. The topological polar surface area (TPSA) is 105 Å². The molecule has 3 heterocycles. The quantitative estimate of drug-likeness (QED) is 0.459. The first-order valence-corrected chi connectivity index (χ1v) is 11.8. The first kappa shape index (κ1) is 24.0. The van der Waals surface area contributed by atoms with Gasteiger partial charge < -0.3 is 28.6 Å². The maximum Gasteiger partial charge on any atom is 0.242 e. The summed E-state index contributed by atoms with van der Waals surface area (Å²) in [4.78, 5) is 15.6. The number of nitrogens with zero attached hydrogens (tertiary/aromatic N) is 1. The number of hydrogen-bond donors (Lipinski definition) is 3. The lowest BCUT2D eigenvalue weighted by Gasteiger charge is -2.32. The van der Waals surface area contributed by atoms with Crippen LogP contribution in [0.4, 0.5) is 0 Å². The van der Waals surface area contributed by atoms with E-state index < -0.39 is 6.04 Å². The molecular weight excluding hydrogens is 462 g/mol. The van der Waals surface area contributed by atoms with Crippen LogP contribution in [-0.4, -0.2) is 43.3 Å². The second-order valence-electron chi connectivity index (χ2n) is 9.29. The van der Waals surface area contributed by atoms with Gasteiger partial charge >= 0.3 is 0 Å². The zero-order valence-electron chi connectivity index (χ0n) is 21.0. The maximum absolute atomic E-state index is 13.8. The molecule has 4 unspecified atom stereocenters. The summed E-state index contributed by atoms with van der Waals surface area (Å²) in [5.74, 6) is 2.06. The molecule has 2 aliphatic rings. The van der Waals surface area contributed by atoms with E-state index in [9.17, 15) is 9.90 Å². The van der Waals surface area contributed by atoms with Crippen molar-refractivity contribution in [3.8, 4) is 23.0 Å². The number of furan rings is 1. The van der Waals surface area contributed by atoms with Crippen LogP contribution in [0.25, 0.3) is 0 Å². The lowest BCUT2D eigenvalue weighted by atomic mass is 9.81. The molecule has 0 aliphatic carbocycles. The minimum atomic E-state index is -0.505. The van der Waals surface area contributed by atoms with Crippen molar-refractivity contribution in [2.24, 2.45) is 5.92 Å². The van der Waals surface area contributed by atoms with Crippen molar-refractivity contribution in [3.05, 3.63) is 70.7 Å². The monoisotopic (exact) mass is 493 g/mol. The number of likely N-dealkylation sites (tertiary alicyclic amines) is 1. The maximum atomic E-state index is 13.8. The van der Waals surface area contributed by atoms with Crippen molar-refractivity contribution in [2.75, 3.05) is 21.3 Å². The number of hydrazine groups is 1. The number of benzene rings is 2. The first-order valence-electron chi connectivity index (χ1n) is 11.8. The zero-order chi connectivity index (χ0) is 25.6. The molecule has 4 atom stereocenters. The number of aromatic hydroxyl groups is 1. The molecule has 1 amide bonds. The third kappa shape index (κ3) is 3.84. The van der Waals surface area contributed by atoms with E-state index in [0.29, 0.717) is 29.6 Å². The van der Waals surface area contributed by atoms with Crippen LogP contribution in [0.5, 0.6) is 23.0 Å². The zero-order valence-corrected chi connectivity index (χ0v) is 21.0. The SMILES string of the molecule is COc1cc(C2C3C(NNC3c3c(C)cc(C)cc3O)C(=O)N2Cc2ccco2)cc(OC)c1OC. The fourth-order valence-electron chi connectivity index (χ4n) is 5.73. The van der Waals surface area contributed by atoms with Crippen LogP contribution >= 0.6 is 0 Å². The Morgan fingerprint density at radius 1 is 1.00 bits per heavy atom. The Labute approximate surface area is 209 Å². The largest absolute Gasteiger partial charge is 0.508 e. The van der Waals surface area contributed by atoms with Crippen molar-refractivity contribution in [2.45, 2.75) is 38.5 Å². The van der Waals surface area contributed by atoms with E-state index in [2.05, 4.69) is 10.9 Å². The first-order chi connectivity index (χ1) is 17.4. The Kier molecular flexibility index (Phi) is 6.27. The highest BCUT2D eigenvalue weighted by Gasteiger charge is 2.56. The molecule has 2 aliphatic heterocycles. The number of phenolic OH excluding ortho intramolecular Hbond substituents is 1. The summed E-state index contributed by atoms with van der Waals surface area (Å²) in [6.07, 6.45) is 1.60. The average molecular weight is 494 g/mol. The van der Waals surface area contributed by atoms with Gasteiger partial charge in [0.05, 0.1) is 46.2 Å². The summed E-state index contributed by atoms with van der Waals surface area (Å²) in [6.45, 7) is 4.22. The van der Waals surface area contributed by atoms with Gasteiger partial charge in [-0.05, 0) is 60.9 Å². The molecule has 3 aromatic rings. The molecule has 0 saturated carbocycles. The number of phenols is 1. The van der Waals surface area contributed by atoms with E-state index in [-0.39, 0.29) is 29.7 Å². The number of aryl methyl sites for hydroxylation is 2. The number of fused-ring (bicyclic) bond motifs is 1. The van der Waals surface area contributed by atoms with Gasteiger partial charge in [-0.25, -0.2) is 10.9 Å². The van der Waals surface area contributed by atoms with Crippen molar-refractivity contribution in [3.63, 3.8) is 0 Å². The Bertz CT molecular complexity index is 1230. The lowest BCUT2D eigenvalue weighted by Crippen LogP contribution is -2.41. The molecule has 190 valence electrons. The highest BCUT2D eigenvalue weighted by Crippen LogP contribution is 2.52. The molecule has 0 spiro atoms. The summed E-state index contributed by atoms with van der Waals surface area (Å²) in [5.41, 5.74) is 10.0. The minimum absolute atomic E-state index is 0.0607. The number of carbonyl (C=O) groups is 1. The molecule has 2 aromatic carbocycles. The molecule has 2 fully saturated rings. The molecule has 0 radical (unpaired) electrons. The van der Waals surface area contributed by atoms with Crippen molar-refractivity contribution >= 4 is 5.91 Å². The molecule has 2 saturated heterocycles. The number of rotatable bonds is 7. The van der Waals surface area contributed by atoms with Gasteiger partial charge in [0.25, 0.3) is 0 Å². The van der Waals surface area contributed by atoms with Gasteiger partial charge in [-0.15, -0.1) is 0 Å². The van der Waals surface area contributed by atoms with Gasteiger partial charge in [-0.2, -0.15) is 0 Å². The molecule has 3 N–H and O–H groups in total. The fraction of sp³-hybridized carbons (Fsp3) is 0.370. The van der Waals surface area contributed by atoms with E-state index in [1.165, 1.54) is 0 Å². The third-order valence-corrected chi connectivity index (χ3v) is 7.17. The Morgan fingerprint density at radius 3 is 2.28 bits per heavy atom. The number of nitrogens with one attached hydrogen (secondary N) is 2. The van der Waals surface area contributed by atoms with Crippen LogP contribution in [0.3, 0.4) is 0 Å². The van der Waals surface area contributed by atoms with Crippen molar-refractivity contribution in [1.29, 1.82) is 0 Å². The minimum Gasteiger partial charge on any atom is -0.508 e. The van der Waals surface area contributed by atoms with Gasteiger partial charge in [0.15, 0.2) is 11.5 Å². The van der Waals surface area contributed by atoms with Crippen LogP contribution in [0.15, 0.2) is 47.1 Å². The van der Waals surface area contributed by atoms with Crippen LogP contribution in [-0.2, 0) is 11.3 Å². The molecule has 5 rings (SSSR count). The highest BCUT2D eigenvalue weighted by atomic mass is 16.5. The molecular formula is C27H31N3O6. The van der Waals surface area contributed by atoms with Crippen molar-refractivity contribution < 1.29 is 28.5 Å². The Morgan fingerprint density at radius 2 is 1.69 bits per heavy atom. The Balaban J connectivity index is 1.67. The van der Waals surface area contributed by atoms with E-state index in [4.69, 9.17) is 18.6 Å². The van der Waals surface area contributed by atoms with Crippen LogP contribution in [0, 0.1) is 19.8 Å². The van der Waals surface area contributed by atoms with Gasteiger partial charge in [0.1, 0.15) is 17.6 Å². The van der Waals surface area contributed by atoms with E-state index >= 15 is 0 Å². The van der Waals surface area contributed by atoms with E-state index in [1.807, 2.05) is 49.1 Å². The van der Waals surface area contributed by atoms with E-state index in [0.717, 1.165) is 22.3 Å². The predicted molar refractivity (Wildman–Crippen MR) is 132 cm³/mol. The van der Waals surface area contributed by atoms with Crippen LogP contribution in [0.2, 0.25) is 0 Å². The summed E-state index contributed by atoms with van der Waals surface area (Å²) in [7, 11) is 4.70. The standard InChI is InChI=1S/C27H31N3O6/c1-14-9-15(2)21(18(31)10-14)23-22-24(29-28-23)27(32)30(13-17-7-6-8-36-17)25(22)16-11-19(33-3)26(35-5)20(12-16)34-4/h6-12,22-25,28-29,31H,13H2,1-5H3. The van der Waals surface area contributed by atoms with Gasteiger partial charge in [0.2, 0.25) is 11.7 Å². The average Bonchev–Trinajstić information content (AvgIpc) is 3.57. The molecule has 1 aromatic heterocycles. The number of ether oxygens (including phenoxy) is 3. The molecule has 0 bridgehead atoms. The summed E-state index contributed by atoms with van der Waals surface area (Å²) in [6, 6.07) is 10.0. The Hall–Kier alpha value is -3.69. The van der Waals surface area contributed by atoms with E-state index in [1.54, 1.807) is 33.7 Å². The third-order valence-electron chi connectivity index (χ3n) is 7.17.